The highest BCUT2D eigenvalue weighted by molar-refractivity contribution is 5.95. The lowest BCUT2D eigenvalue weighted by molar-refractivity contribution is 0.0446. The standard InChI is InChI=1S/C23H30N2O3/c1-2-23(27)20-8-10-22(11-9-20)28-18-21(26)17-25-14-12-24(13-15-25)16-19-6-4-3-5-7-19/h3-11,21,26H,2,12-18H2,1H3/t21-/m1/s1. The second-order valence-corrected chi connectivity index (χ2v) is 7.33. The zero-order chi connectivity index (χ0) is 19.8. The van der Waals surface area contributed by atoms with Gasteiger partial charge in [-0.3, -0.25) is 14.6 Å². The van der Waals surface area contributed by atoms with Crippen molar-refractivity contribution in [1.29, 1.82) is 0 Å². The maximum Gasteiger partial charge on any atom is 0.162 e. The van der Waals surface area contributed by atoms with Crippen LogP contribution in [0.25, 0.3) is 0 Å². The van der Waals surface area contributed by atoms with Crippen LogP contribution in [0.1, 0.15) is 29.3 Å². The van der Waals surface area contributed by atoms with Gasteiger partial charge in [0.2, 0.25) is 0 Å². The molecule has 0 bridgehead atoms. The van der Waals surface area contributed by atoms with Gasteiger partial charge in [0, 0.05) is 51.3 Å². The quantitative estimate of drug-likeness (QED) is 0.676. The summed E-state index contributed by atoms with van der Waals surface area (Å²) in [6, 6.07) is 17.7. The Morgan fingerprint density at radius 3 is 2.29 bits per heavy atom. The second-order valence-electron chi connectivity index (χ2n) is 7.33. The molecule has 1 fully saturated rings. The lowest BCUT2D eigenvalue weighted by Gasteiger charge is -2.35. The maximum atomic E-state index is 11.6. The van der Waals surface area contributed by atoms with Crippen molar-refractivity contribution in [2.75, 3.05) is 39.3 Å². The maximum absolute atomic E-state index is 11.6. The molecule has 150 valence electrons. The molecule has 2 aromatic rings. The van der Waals surface area contributed by atoms with Crippen LogP contribution in [-0.4, -0.2) is 66.1 Å². The number of hydrogen-bond donors (Lipinski definition) is 1. The molecule has 3 rings (SSSR count). The molecular formula is C23H30N2O3. The highest BCUT2D eigenvalue weighted by Crippen LogP contribution is 2.14. The molecule has 1 atom stereocenters. The molecule has 0 aliphatic carbocycles. The summed E-state index contributed by atoms with van der Waals surface area (Å²) in [5.41, 5.74) is 2.04. The smallest absolute Gasteiger partial charge is 0.162 e. The number of ether oxygens (including phenoxy) is 1. The fourth-order valence-electron chi connectivity index (χ4n) is 3.46. The lowest BCUT2D eigenvalue weighted by Crippen LogP contribution is -2.48. The summed E-state index contributed by atoms with van der Waals surface area (Å²) in [5, 5.41) is 10.3. The molecule has 0 unspecified atom stereocenters. The van der Waals surface area contributed by atoms with E-state index in [1.165, 1.54) is 5.56 Å². The summed E-state index contributed by atoms with van der Waals surface area (Å²) >= 11 is 0. The Morgan fingerprint density at radius 1 is 1.00 bits per heavy atom. The number of rotatable bonds is 9. The molecule has 0 radical (unpaired) electrons. The number of β-amino-alcohol motifs (C(OH)–C–C–N with tert-alkyl or cyclic N) is 1. The Morgan fingerprint density at radius 2 is 1.64 bits per heavy atom. The molecule has 0 spiro atoms. The zero-order valence-electron chi connectivity index (χ0n) is 16.6. The summed E-state index contributed by atoms with van der Waals surface area (Å²) in [5.74, 6) is 0.803. The van der Waals surface area contributed by atoms with Crippen LogP contribution in [0, 0.1) is 0 Å². The normalized spacial score (nSPS) is 16.6. The molecule has 28 heavy (non-hydrogen) atoms. The third kappa shape index (κ3) is 6.16. The van der Waals surface area contributed by atoms with Crippen LogP contribution in [0.3, 0.4) is 0 Å². The van der Waals surface area contributed by atoms with Gasteiger partial charge in [0.05, 0.1) is 0 Å². The average molecular weight is 383 g/mol. The number of nitrogens with zero attached hydrogens (tertiary/aromatic N) is 2. The van der Waals surface area contributed by atoms with Crippen LogP contribution in [0.2, 0.25) is 0 Å². The number of carbonyl (C=O) groups is 1. The highest BCUT2D eigenvalue weighted by Gasteiger charge is 2.19. The fraction of sp³-hybridized carbons (Fsp3) is 0.435. The predicted molar refractivity (Wildman–Crippen MR) is 111 cm³/mol. The first-order chi connectivity index (χ1) is 13.6. The number of aliphatic hydroxyl groups is 1. The van der Waals surface area contributed by atoms with Crippen LogP contribution in [0.4, 0.5) is 0 Å². The van der Waals surface area contributed by atoms with Crippen LogP contribution >= 0.6 is 0 Å². The average Bonchev–Trinajstić information content (AvgIpc) is 2.74. The van der Waals surface area contributed by atoms with Gasteiger partial charge in [0.1, 0.15) is 18.5 Å². The Bertz CT molecular complexity index is 725. The summed E-state index contributed by atoms with van der Waals surface area (Å²) in [6.07, 6.45) is -0.0324. The topological polar surface area (TPSA) is 53.0 Å². The third-order valence-corrected chi connectivity index (χ3v) is 5.12. The number of ketones is 1. The van der Waals surface area contributed by atoms with E-state index in [0.29, 0.717) is 24.3 Å². The molecule has 5 nitrogen and oxygen atoms in total. The number of Topliss-reactive ketones (excluding diaryl/α,β-unsaturated/α-hetero) is 1. The first-order valence-electron chi connectivity index (χ1n) is 10.1. The molecule has 1 saturated heterocycles. The summed E-state index contributed by atoms with van der Waals surface area (Å²) in [6.45, 7) is 7.64. The minimum Gasteiger partial charge on any atom is -0.491 e. The zero-order valence-corrected chi connectivity index (χ0v) is 16.6. The van der Waals surface area contributed by atoms with E-state index >= 15 is 0 Å². The molecule has 0 aromatic heterocycles. The van der Waals surface area contributed by atoms with Crippen molar-refractivity contribution in [2.45, 2.75) is 26.0 Å². The Hall–Kier alpha value is -2.21. The van der Waals surface area contributed by atoms with Gasteiger partial charge in [0.15, 0.2) is 5.78 Å². The van der Waals surface area contributed by atoms with Gasteiger partial charge in [-0.25, -0.2) is 0 Å². The molecule has 1 aliphatic rings. The largest absolute Gasteiger partial charge is 0.491 e. The van der Waals surface area contributed by atoms with Crippen LogP contribution in [-0.2, 0) is 6.54 Å². The number of aliphatic hydroxyl groups excluding tert-OH is 1. The number of carbonyl (C=O) groups excluding carboxylic acids is 1. The van der Waals surface area contributed by atoms with Crippen LogP contribution < -0.4 is 4.74 Å². The predicted octanol–water partition coefficient (Wildman–Crippen LogP) is 2.84. The molecule has 5 heteroatoms. The van der Waals surface area contributed by atoms with Crippen molar-refractivity contribution in [3.8, 4) is 5.75 Å². The molecule has 0 amide bonds. The van der Waals surface area contributed by atoms with E-state index in [4.69, 9.17) is 4.74 Å². The van der Waals surface area contributed by atoms with Gasteiger partial charge < -0.3 is 9.84 Å². The van der Waals surface area contributed by atoms with Crippen molar-refractivity contribution in [2.24, 2.45) is 0 Å². The van der Waals surface area contributed by atoms with E-state index in [9.17, 15) is 9.90 Å². The van der Waals surface area contributed by atoms with Gasteiger partial charge in [-0.1, -0.05) is 37.3 Å². The van der Waals surface area contributed by atoms with Gasteiger partial charge in [-0.15, -0.1) is 0 Å². The van der Waals surface area contributed by atoms with E-state index in [2.05, 4.69) is 34.1 Å². The Balaban J connectivity index is 1.36. The molecule has 1 heterocycles. The monoisotopic (exact) mass is 382 g/mol. The molecular weight excluding hydrogens is 352 g/mol. The van der Waals surface area contributed by atoms with E-state index in [1.807, 2.05) is 13.0 Å². The van der Waals surface area contributed by atoms with Crippen molar-refractivity contribution in [1.82, 2.24) is 9.80 Å². The van der Waals surface area contributed by atoms with E-state index in [-0.39, 0.29) is 12.4 Å². The number of piperazine rings is 1. The lowest BCUT2D eigenvalue weighted by atomic mass is 10.1. The van der Waals surface area contributed by atoms with Gasteiger partial charge in [-0.2, -0.15) is 0 Å². The number of hydrogen-bond acceptors (Lipinski definition) is 5. The minimum atomic E-state index is -0.530. The van der Waals surface area contributed by atoms with Gasteiger partial charge in [-0.05, 0) is 29.8 Å². The molecule has 1 aliphatic heterocycles. The van der Waals surface area contributed by atoms with Crippen molar-refractivity contribution < 1.29 is 14.6 Å². The van der Waals surface area contributed by atoms with Crippen LogP contribution in [0.5, 0.6) is 5.75 Å². The van der Waals surface area contributed by atoms with Crippen molar-refractivity contribution in [3.63, 3.8) is 0 Å². The second kappa shape index (κ2) is 10.4. The SMILES string of the molecule is CCC(=O)c1ccc(OC[C@H](O)CN2CCN(Cc3ccccc3)CC2)cc1. The fourth-order valence-corrected chi connectivity index (χ4v) is 3.46. The first-order valence-corrected chi connectivity index (χ1v) is 10.1. The minimum absolute atomic E-state index is 0.123. The molecule has 1 N–H and O–H groups in total. The highest BCUT2D eigenvalue weighted by atomic mass is 16.5. The van der Waals surface area contributed by atoms with Crippen molar-refractivity contribution in [3.05, 3.63) is 65.7 Å². The summed E-state index contributed by atoms with van der Waals surface area (Å²) < 4.78 is 5.68. The Kier molecular flexibility index (Phi) is 7.60. The first kappa shape index (κ1) is 20.5. The number of benzene rings is 2. The van der Waals surface area contributed by atoms with E-state index < -0.39 is 6.10 Å². The van der Waals surface area contributed by atoms with Crippen LogP contribution in [0.15, 0.2) is 54.6 Å². The van der Waals surface area contributed by atoms with E-state index in [1.54, 1.807) is 24.3 Å². The molecule has 0 saturated carbocycles. The summed E-state index contributed by atoms with van der Waals surface area (Å²) in [7, 11) is 0. The summed E-state index contributed by atoms with van der Waals surface area (Å²) in [4.78, 5) is 16.4. The Labute approximate surface area is 167 Å². The van der Waals surface area contributed by atoms with Crippen molar-refractivity contribution >= 4 is 5.78 Å². The van der Waals surface area contributed by atoms with Gasteiger partial charge in [0.25, 0.3) is 0 Å². The van der Waals surface area contributed by atoms with Gasteiger partial charge >= 0.3 is 0 Å². The van der Waals surface area contributed by atoms with E-state index in [0.717, 1.165) is 32.7 Å². The third-order valence-electron chi connectivity index (χ3n) is 5.12. The molecule has 2 aromatic carbocycles.